The van der Waals surface area contributed by atoms with Crippen molar-refractivity contribution in [3.63, 3.8) is 0 Å². The van der Waals surface area contributed by atoms with Crippen LogP contribution in [0.3, 0.4) is 0 Å². The fourth-order valence-electron chi connectivity index (χ4n) is 2.18. The highest BCUT2D eigenvalue weighted by Crippen LogP contribution is 2.24. The quantitative estimate of drug-likeness (QED) is 0.801. The van der Waals surface area contributed by atoms with Gasteiger partial charge in [0.25, 0.3) is 5.91 Å². The zero-order chi connectivity index (χ0) is 16.1. The van der Waals surface area contributed by atoms with Crippen molar-refractivity contribution >= 4 is 27.5 Å². The smallest absolute Gasteiger partial charge is 0.259 e. The number of halogens is 1. The lowest BCUT2D eigenvalue weighted by Crippen LogP contribution is -2.32. The first kappa shape index (κ1) is 16.3. The highest BCUT2D eigenvalue weighted by Gasteiger charge is 2.19. The first-order chi connectivity index (χ1) is 10.5. The van der Waals surface area contributed by atoms with Crippen molar-refractivity contribution in [3.8, 4) is 6.07 Å². The van der Waals surface area contributed by atoms with Crippen LogP contribution in [0.2, 0.25) is 0 Å². The van der Waals surface area contributed by atoms with Crippen LogP contribution in [0.4, 0.5) is 5.69 Å². The summed E-state index contributed by atoms with van der Waals surface area (Å²) in [4.78, 5) is 14.5. The Morgan fingerprint density at radius 3 is 2.55 bits per heavy atom. The molecule has 0 unspecified atom stereocenters. The second-order valence-electron chi connectivity index (χ2n) is 5.11. The van der Waals surface area contributed by atoms with Gasteiger partial charge in [0.1, 0.15) is 0 Å². The van der Waals surface area contributed by atoms with Gasteiger partial charge in [-0.25, -0.2) is 0 Å². The van der Waals surface area contributed by atoms with Gasteiger partial charge >= 0.3 is 0 Å². The number of benzene rings is 2. The van der Waals surface area contributed by atoms with Crippen molar-refractivity contribution in [2.24, 2.45) is 0 Å². The van der Waals surface area contributed by atoms with Gasteiger partial charge in [-0.2, -0.15) is 5.26 Å². The summed E-state index contributed by atoms with van der Waals surface area (Å²) in [5.41, 5.74) is 3.72. The number of rotatable bonds is 4. The molecule has 0 saturated carbocycles. The second kappa shape index (κ2) is 7.24. The van der Waals surface area contributed by atoms with Gasteiger partial charge in [-0.15, -0.1) is 0 Å². The van der Waals surface area contributed by atoms with Crippen LogP contribution in [0.25, 0.3) is 0 Å². The third-order valence-electron chi connectivity index (χ3n) is 3.60. The van der Waals surface area contributed by atoms with Gasteiger partial charge in [0.2, 0.25) is 0 Å². The Bertz CT molecular complexity index is 734. The summed E-state index contributed by atoms with van der Waals surface area (Å²) in [6.45, 7) is 4.43. The molecule has 2 rings (SSSR count). The molecule has 0 fully saturated rings. The minimum Gasteiger partial charge on any atom is -0.307 e. The molecule has 3 nitrogen and oxygen atoms in total. The number of hydrogen-bond acceptors (Lipinski definition) is 2. The van der Waals surface area contributed by atoms with Crippen LogP contribution in [0, 0.1) is 25.2 Å². The predicted octanol–water partition coefficient (Wildman–Crippen LogP) is 4.63. The van der Waals surface area contributed by atoms with E-state index >= 15 is 0 Å². The molecule has 4 heteroatoms. The number of amides is 1. The van der Waals surface area contributed by atoms with E-state index in [4.69, 9.17) is 5.26 Å². The lowest BCUT2D eigenvalue weighted by molar-refractivity contribution is 0.0986. The molecule has 1 amide bonds. The minimum absolute atomic E-state index is 0.106. The van der Waals surface area contributed by atoms with Gasteiger partial charge in [-0.1, -0.05) is 18.2 Å². The molecule has 0 aliphatic rings. The molecule has 0 radical (unpaired) electrons. The van der Waals surface area contributed by atoms with Crippen molar-refractivity contribution in [3.05, 3.63) is 63.6 Å². The summed E-state index contributed by atoms with van der Waals surface area (Å²) in [7, 11) is 0. The highest BCUT2D eigenvalue weighted by molar-refractivity contribution is 9.10. The summed E-state index contributed by atoms with van der Waals surface area (Å²) in [5.74, 6) is -0.106. The molecule has 0 spiro atoms. The highest BCUT2D eigenvalue weighted by atomic mass is 79.9. The van der Waals surface area contributed by atoms with Crippen LogP contribution in [0.1, 0.15) is 27.9 Å². The van der Waals surface area contributed by atoms with E-state index in [9.17, 15) is 4.79 Å². The third-order valence-corrected chi connectivity index (χ3v) is 4.29. The standard InChI is InChI=1S/C18H17BrN2O/c1-13-8-9-15(12-14(13)2)21(11-5-10-20)18(22)16-6-3-4-7-17(16)19/h3-4,6-9,12H,5,11H2,1-2H3. The maximum atomic E-state index is 12.9. The number of carbonyl (C=O) groups is 1. The normalized spacial score (nSPS) is 10.1. The molecule has 2 aromatic carbocycles. The van der Waals surface area contributed by atoms with Gasteiger partial charge in [-0.05, 0) is 65.2 Å². The molecule has 0 N–H and O–H groups in total. The van der Waals surface area contributed by atoms with E-state index in [2.05, 4.69) is 22.0 Å². The summed E-state index contributed by atoms with van der Waals surface area (Å²) < 4.78 is 0.755. The van der Waals surface area contributed by atoms with E-state index in [0.717, 1.165) is 15.7 Å². The van der Waals surface area contributed by atoms with E-state index in [1.807, 2.05) is 50.2 Å². The number of carbonyl (C=O) groups excluding carboxylic acids is 1. The van der Waals surface area contributed by atoms with Gasteiger partial charge in [-0.3, -0.25) is 4.79 Å². The minimum atomic E-state index is -0.106. The van der Waals surface area contributed by atoms with Crippen molar-refractivity contribution in [2.75, 3.05) is 11.4 Å². The van der Waals surface area contributed by atoms with Gasteiger partial charge in [0.15, 0.2) is 0 Å². The molecular weight excluding hydrogens is 340 g/mol. The first-order valence-electron chi connectivity index (χ1n) is 7.05. The lowest BCUT2D eigenvalue weighted by atomic mass is 10.1. The second-order valence-corrected chi connectivity index (χ2v) is 5.97. The average Bonchev–Trinajstić information content (AvgIpc) is 2.51. The number of nitrogens with zero attached hydrogens (tertiary/aromatic N) is 2. The number of anilines is 1. The Kier molecular flexibility index (Phi) is 5.35. The molecule has 0 saturated heterocycles. The number of nitriles is 1. The topological polar surface area (TPSA) is 44.1 Å². The molecule has 0 aliphatic heterocycles. The molecule has 0 aromatic heterocycles. The Balaban J connectivity index is 2.41. The molecular formula is C18H17BrN2O. The molecule has 0 heterocycles. The van der Waals surface area contributed by atoms with Crippen molar-refractivity contribution in [2.45, 2.75) is 20.3 Å². The van der Waals surface area contributed by atoms with Crippen LogP contribution < -0.4 is 4.90 Å². The van der Waals surface area contributed by atoms with Crippen molar-refractivity contribution in [1.29, 1.82) is 5.26 Å². The van der Waals surface area contributed by atoms with E-state index in [1.54, 1.807) is 11.0 Å². The summed E-state index contributed by atoms with van der Waals surface area (Å²) in [5, 5.41) is 8.87. The molecule has 2 aromatic rings. The Hall–Kier alpha value is -2.12. The monoisotopic (exact) mass is 356 g/mol. The Morgan fingerprint density at radius 2 is 1.91 bits per heavy atom. The van der Waals surface area contributed by atoms with Crippen LogP contribution in [-0.4, -0.2) is 12.5 Å². The largest absolute Gasteiger partial charge is 0.307 e. The molecule has 112 valence electrons. The van der Waals surface area contributed by atoms with E-state index in [1.165, 1.54) is 5.56 Å². The van der Waals surface area contributed by atoms with E-state index in [-0.39, 0.29) is 5.91 Å². The maximum absolute atomic E-state index is 12.9. The van der Waals surface area contributed by atoms with Gasteiger partial charge in [0.05, 0.1) is 18.1 Å². The zero-order valence-electron chi connectivity index (χ0n) is 12.6. The van der Waals surface area contributed by atoms with Crippen LogP contribution in [0.15, 0.2) is 46.9 Å². The summed E-state index contributed by atoms with van der Waals surface area (Å²) >= 11 is 3.42. The molecule has 0 bridgehead atoms. The molecule has 0 atom stereocenters. The SMILES string of the molecule is Cc1ccc(N(CCC#N)C(=O)c2ccccc2Br)cc1C. The van der Waals surface area contributed by atoms with Crippen LogP contribution in [-0.2, 0) is 0 Å². The Morgan fingerprint density at radius 1 is 1.18 bits per heavy atom. The summed E-state index contributed by atoms with van der Waals surface area (Å²) in [6, 6.07) is 15.4. The predicted molar refractivity (Wildman–Crippen MR) is 92.0 cm³/mol. The number of aryl methyl sites for hydroxylation is 2. The zero-order valence-corrected chi connectivity index (χ0v) is 14.2. The van der Waals surface area contributed by atoms with Crippen molar-refractivity contribution in [1.82, 2.24) is 0 Å². The Labute approximate surface area is 139 Å². The number of hydrogen-bond donors (Lipinski definition) is 0. The van der Waals surface area contributed by atoms with E-state index in [0.29, 0.717) is 18.5 Å². The first-order valence-corrected chi connectivity index (χ1v) is 7.84. The lowest BCUT2D eigenvalue weighted by Gasteiger charge is -2.23. The molecule has 0 aliphatic carbocycles. The summed E-state index contributed by atoms with van der Waals surface area (Å²) in [6.07, 6.45) is 0.295. The molecule has 22 heavy (non-hydrogen) atoms. The van der Waals surface area contributed by atoms with Crippen molar-refractivity contribution < 1.29 is 4.79 Å². The van der Waals surface area contributed by atoms with Crippen LogP contribution in [0.5, 0.6) is 0 Å². The van der Waals surface area contributed by atoms with E-state index < -0.39 is 0 Å². The fraction of sp³-hybridized carbons (Fsp3) is 0.222. The van der Waals surface area contributed by atoms with Gasteiger partial charge in [0, 0.05) is 16.7 Å². The fourth-order valence-corrected chi connectivity index (χ4v) is 2.64. The average molecular weight is 357 g/mol. The van der Waals surface area contributed by atoms with Crippen LogP contribution >= 0.6 is 15.9 Å². The van der Waals surface area contributed by atoms with Gasteiger partial charge < -0.3 is 4.90 Å². The maximum Gasteiger partial charge on any atom is 0.259 e. The third kappa shape index (κ3) is 3.55.